The maximum atomic E-state index is 5.78. The Morgan fingerprint density at radius 2 is 2.05 bits per heavy atom. The Hall–Kier alpha value is -0.673. The molecule has 5 nitrogen and oxygen atoms in total. The number of hydrogen-bond acceptors (Lipinski definition) is 4. The van der Waals surface area contributed by atoms with Crippen molar-refractivity contribution < 1.29 is 9.47 Å². The molecule has 0 fully saturated rings. The summed E-state index contributed by atoms with van der Waals surface area (Å²) in [7, 11) is 0.585. The summed E-state index contributed by atoms with van der Waals surface area (Å²) in [6.07, 6.45) is 3.55. The predicted molar refractivity (Wildman–Crippen MR) is 90.9 cm³/mol. The summed E-state index contributed by atoms with van der Waals surface area (Å²) in [5.74, 6) is 0.611. The molecule has 0 saturated heterocycles. The molecule has 2 aromatic rings. The summed E-state index contributed by atoms with van der Waals surface area (Å²) in [6, 6.07) is 1.17. The summed E-state index contributed by atoms with van der Waals surface area (Å²) in [5, 5.41) is 0.949. The minimum Gasteiger partial charge on any atom is -0.480 e. The van der Waals surface area contributed by atoms with Crippen molar-refractivity contribution >= 4 is 41.7 Å². The van der Waals surface area contributed by atoms with Gasteiger partial charge in [0.1, 0.15) is 18.7 Å². The number of fused-ring (bicyclic) bond motifs is 1. The molecule has 0 saturated carbocycles. The van der Waals surface area contributed by atoms with Crippen LogP contribution in [0.25, 0.3) is 11.0 Å². The molecule has 2 rings (SSSR count). The Morgan fingerprint density at radius 3 is 2.70 bits per heavy atom. The van der Waals surface area contributed by atoms with E-state index in [9.17, 15) is 0 Å². The molecule has 0 unspecified atom stereocenters. The van der Waals surface area contributed by atoms with Crippen LogP contribution in [0.1, 0.15) is 0 Å². The molecule has 2 aromatic heterocycles. The van der Waals surface area contributed by atoms with E-state index in [1.807, 2.05) is 10.8 Å². The zero-order valence-corrected chi connectivity index (χ0v) is 15.5. The minimum atomic E-state index is -1.04. The third kappa shape index (κ3) is 3.70. The van der Waals surface area contributed by atoms with Gasteiger partial charge in [-0.15, -0.1) is 0 Å². The molecule has 0 aliphatic rings. The third-order valence-electron chi connectivity index (χ3n) is 2.99. The van der Waals surface area contributed by atoms with Gasteiger partial charge in [0.05, 0.1) is 12.5 Å². The van der Waals surface area contributed by atoms with Crippen molar-refractivity contribution in [2.75, 3.05) is 13.7 Å². The molecular formula is C13H20IN3O2Si. The molecule has 0 radical (unpaired) electrons. The molecule has 0 spiro atoms. The maximum absolute atomic E-state index is 5.78. The monoisotopic (exact) mass is 405 g/mol. The number of hydrogen-bond donors (Lipinski definition) is 0. The SMILES string of the molecule is COc1ncnc2c1c(I)cn2COCC[Si](C)(C)C. The Labute approximate surface area is 133 Å². The van der Waals surface area contributed by atoms with Gasteiger partial charge in [-0.1, -0.05) is 19.6 Å². The molecule has 20 heavy (non-hydrogen) atoms. The van der Waals surface area contributed by atoms with E-state index in [2.05, 4.69) is 52.2 Å². The van der Waals surface area contributed by atoms with Crippen LogP contribution in [0, 0.1) is 3.57 Å². The van der Waals surface area contributed by atoms with E-state index in [0.717, 1.165) is 21.2 Å². The van der Waals surface area contributed by atoms with Crippen LogP contribution in [0.5, 0.6) is 5.88 Å². The van der Waals surface area contributed by atoms with E-state index in [0.29, 0.717) is 12.6 Å². The fourth-order valence-electron chi connectivity index (χ4n) is 1.84. The van der Waals surface area contributed by atoms with Gasteiger partial charge in [0.25, 0.3) is 0 Å². The Balaban J connectivity index is 2.12. The van der Waals surface area contributed by atoms with Crippen LogP contribution >= 0.6 is 22.6 Å². The van der Waals surface area contributed by atoms with Crippen molar-refractivity contribution in [1.29, 1.82) is 0 Å². The summed E-state index contributed by atoms with van der Waals surface area (Å²) in [6.45, 7) is 8.37. The van der Waals surface area contributed by atoms with Crippen molar-refractivity contribution in [2.45, 2.75) is 32.4 Å². The van der Waals surface area contributed by atoms with Crippen molar-refractivity contribution in [1.82, 2.24) is 14.5 Å². The molecule has 0 N–H and O–H groups in total. The van der Waals surface area contributed by atoms with Gasteiger partial charge in [-0.2, -0.15) is 0 Å². The second kappa shape index (κ2) is 6.40. The van der Waals surface area contributed by atoms with Crippen LogP contribution < -0.4 is 4.74 Å². The van der Waals surface area contributed by atoms with Crippen molar-refractivity contribution in [3.63, 3.8) is 0 Å². The van der Waals surface area contributed by atoms with E-state index < -0.39 is 8.07 Å². The summed E-state index contributed by atoms with van der Waals surface area (Å²) >= 11 is 2.27. The van der Waals surface area contributed by atoms with Gasteiger partial charge < -0.3 is 14.0 Å². The molecule has 0 aliphatic carbocycles. The van der Waals surface area contributed by atoms with Gasteiger partial charge in [0.2, 0.25) is 5.88 Å². The van der Waals surface area contributed by atoms with E-state index in [4.69, 9.17) is 9.47 Å². The quantitative estimate of drug-likeness (QED) is 0.420. The molecule has 0 aromatic carbocycles. The van der Waals surface area contributed by atoms with Gasteiger partial charge in [0.15, 0.2) is 0 Å². The van der Waals surface area contributed by atoms with Crippen LogP contribution in [0.3, 0.4) is 0 Å². The van der Waals surface area contributed by atoms with Gasteiger partial charge in [-0.25, -0.2) is 9.97 Å². The van der Waals surface area contributed by atoms with E-state index >= 15 is 0 Å². The highest BCUT2D eigenvalue weighted by molar-refractivity contribution is 14.1. The third-order valence-corrected chi connectivity index (χ3v) is 5.51. The Morgan fingerprint density at radius 1 is 1.30 bits per heavy atom. The normalized spacial score (nSPS) is 12.1. The van der Waals surface area contributed by atoms with E-state index in [1.165, 1.54) is 12.4 Å². The smallest absolute Gasteiger partial charge is 0.226 e. The van der Waals surface area contributed by atoms with Crippen LogP contribution in [0.4, 0.5) is 0 Å². The first kappa shape index (κ1) is 15.7. The maximum Gasteiger partial charge on any atom is 0.226 e. The van der Waals surface area contributed by atoms with Gasteiger partial charge >= 0.3 is 0 Å². The highest BCUT2D eigenvalue weighted by atomic mass is 127. The molecular weight excluding hydrogens is 385 g/mol. The zero-order valence-electron chi connectivity index (χ0n) is 12.3. The zero-order chi connectivity index (χ0) is 14.8. The lowest BCUT2D eigenvalue weighted by Gasteiger charge is -2.15. The average molecular weight is 405 g/mol. The highest BCUT2D eigenvalue weighted by Crippen LogP contribution is 2.28. The molecule has 0 amide bonds. The van der Waals surface area contributed by atoms with Crippen LogP contribution in [-0.2, 0) is 11.5 Å². The number of methoxy groups -OCH3 is 1. The number of halogens is 1. The van der Waals surface area contributed by atoms with Gasteiger partial charge in [0, 0.05) is 24.4 Å². The first-order valence-corrected chi connectivity index (χ1v) is 11.3. The number of aromatic nitrogens is 3. The van der Waals surface area contributed by atoms with E-state index in [1.54, 1.807) is 7.11 Å². The van der Waals surface area contributed by atoms with Crippen LogP contribution in [-0.4, -0.2) is 36.3 Å². The Kier molecular flexibility index (Phi) is 5.03. The van der Waals surface area contributed by atoms with Crippen molar-refractivity contribution in [3.8, 4) is 5.88 Å². The first-order chi connectivity index (χ1) is 9.42. The Bertz CT molecular complexity index is 595. The lowest BCUT2D eigenvalue weighted by atomic mass is 10.4. The lowest BCUT2D eigenvalue weighted by Crippen LogP contribution is -2.22. The fraction of sp³-hybridized carbons (Fsp3) is 0.538. The fourth-order valence-corrected chi connectivity index (χ4v) is 3.41. The van der Waals surface area contributed by atoms with Crippen LogP contribution in [0.15, 0.2) is 12.5 Å². The number of rotatable bonds is 6. The molecule has 0 atom stereocenters. The summed E-state index contributed by atoms with van der Waals surface area (Å²) in [4.78, 5) is 8.48. The topological polar surface area (TPSA) is 49.2 Å². The molecule has 0 bridgehead atoms. The second-order valence-corrected chi connectivity index (χ2v) is 12.7. The van der Waals surface area contributed by atoms with Crippen LogP contribution in [0.2, 0.25) is 25.7 Å². The largest absolute Gasteiger partial charge is 0.480 e. The molecule has 110 valence electrons. The number of nitrogens with zero attached hydrogens (tertiary/aromatic N) is 3. The number of ether oxygens (including phenoxy) is 2. The molecule has 7 heteroatoms. The standard InChI is InChI=1S/C13H20IN3O2Si/c1-18-13-11-10(14)7-17(12(11)15-8-16-13)9-19-5-6-20(2,3)4/h7-8H,5-6,9H2,1-4H3. The van der Waals surface area contributed by atoms with E-state index in [-0.39, 0.29) is 0 Å². The first-order valence-electron chi connectivity index (χ1n) is 6.53. The highest BCUT2D eigenvalue weighted by Gasteiger charge is 2.15. The summed E-state index contributed by atoms with van der Waals surface area (Å²) in [5.41, 5.74) is 0.856. The molecule has 2 heterocycles. The summed E-state index contributed by atoms with van der Waals surface area (Å²) < 4.78 is 14.1. The molecule has 0 aliphatic heterocycles. The average Bonchev–Trinajstić information content (AvgIpc) is 2.71. The van der Waals surface area contributed by atoms with Gasteiger partial charge in [-0.3, -0.25) is 0 Å². The second-order valence-electron chi connectivity index (χ2n) is 5.88. The minimum absolute atomic E-state index is 0.518. The lowest BCUT2D eigenvalue weighted by molar-refractivity contribution is 0.0898. The van der Waals surface area contributed by atoms with Gasteiger partial charge in [-0.05, 0) is 28.6 Å². The van der Waals surface area contributed by atoms with Crippen molar-refractivity contribution in [3.05, 3.63) is 16.1 Å². The van der Waals surface area contributed by atoms with Crippen molar-refractivity contribution in [2.24, 2.45) is 0 Å². The predicted octanol–water partition coefficient (Wildman–Crippen LogP) is 3.36.